The fourth-order valence-electron chi connectivity index (χ4n) is 2.96. The van der Waals surface area contributed by atoms with Gasteiger partial charge in [-0.05, 0) is 24.8 Å². The second kappa shape index (κ2) is 4.81. The minimum atomic E-state index is -0.592. The summed E-state index contributed by atoms with van der Waals surface area (Å²) in [6, 6.07) is 3.75. The lowest BCUT2D eigenvalue weighted by Gasteiger charge is -2.35. The van der Waals surface area contributed by atoms with Gasteiger partial charge in [0.15, 0.2) is 5.65 Å². The molecule has 2 aromatic heterocycles. The predicted octanol–water partition coefficient (Wildman–Crippen LogP) is 2.08. The van der Waals surface area contributed by atoms with Gasteiger partial charge in [-0.25, -0.2) is 9.50 Å². The molecule has 5 nitrogen and oxygen atoms in total. The summed E-state index contributed by atoms with van der Waals surface area (Å²) in [5.74, 6) is 1.39. The molecule has 1 saturated carbocycles. The molecule has 102 valence electrons. The lowest BCUT2D eigenvalue weighted by atomic mass is 9.79. The SMILES string of the molecule is CC1CCCC(O)(CNc2ccn3nccc3n2)C1. The van der Waals surface area contributed by atoms with E-state index in [4.69, 9.17) is 0 Å². The van der Waals surface area contributed by atoms with E-state index in [0.717, 1.165) is 30.7 Å². The van der Waals surface area contributed by atoms with Gasteiger partial charge in [-0.3, -0.25) is 0 Å². The zero-order valence-electron chi connectivity index (χ0n) is 11.2. The molecule has 0 radical (unpaired) electrons. The van der Waals surface area contributed by atoms with Crippen LogP contribution in [-0.4, -0.2) is 31.9 Å². The highest BCUT2D eigenvalue weighted by atomic mass is 16.3. The van der Waals surface area contributed by atoms with Crippen molar-refractivity contribution in [2.45, 2.75) is 38.2 Å². The largest absolute Gasteiger partial charge is 0.388 e. The zero-order valence-corrected chi connectivity index (χ0v) is 11.2. The van der Waals surface area contributed by atoms with Gasteiger partial charge in [0.05, 0.1) is 11.8 Å². The number of hydrogen-bond donors (Lipinski definition) is 2. The van der Waals surface area contributed by atoms with Gasteiger partial charge in [0, 0.05) is 18.8 Å². The summed E-state index contributed by atoms with van der Waals surface area (Å²) in [5, 5.41) is 17.9. The van der Waals surface area contributed by atoms with Crippen LogP contribution in [0.15, 0.2) is 24.5 Å². The summed E-state index contributed by atoms with van der Waals surface area (Å²) in [7, 11) is 0. The first-order chi connectivity index (χ1) is 9.15. The van der Waals surface area contributed by atoms with E-state index in [2.05, 4.69) is 22.3 Å². The zero-order chi connectivity index (χ0) is 13.3. The molecule has 1 aliphatic carbocycles. The van der Waals surface area contributed by atoms with E-state index in [1.54, 1.807) is 10.7 Å². The molecule has 2 heterocycles. The Hall–Kier alpha value is -1.62. The number of fused-ring (bicyclic) bond motifs is 1. The highest BCUT2D eigenvalue weighted by Crippen LogP contribution is 2.32. The molecule has 1 fully saturated rings. The number of hydrogen-bond acceptors (Lipinski definition) is 4. The van der Waals surface area contributed by atoms with Crippen LogP contribution in [0, 0.1) is 5.92 Å². The minimum Gasteiger partial charge on any atom is -0.388 e. The summed E-state index contributed by atoms with van der Waals surface area (Å²) >= 11 is 0. The van der Waals surface area contributed by atoms with E-state index in [1.807, 2.05) is 18.3 Å². The second-order valence-electron chi connectivity index (χ2n) is 5.73. The van der Waals surface area contributed by atoms with Gasteiger partial charge >= 0.3 is 0 Å². The number of nitrogens with one attached hydrogen (secondary N) is 1. The maximum atomic E-state index is 10.6. The summed E-state index contributed by atoms with van der Waals surface area (Å²) in [4.78, 5) is 4.45. The highest BCUT2D eigenvalue weighted by Gasteiger charge is 2.32. The van der Waals surface area contributed by atoms with Crippen LogP contribution in [0.25, 0.3) is 5.65 Å². The number of nitrogens with zero attached hydrogens (tertiary/aromatic N) is 3. The Bertz CT molecular complexity index is 567. The molecule has 0 bridgehead atoms. The number of anilines is 1. The minimum absolute atomic E-state index is 0.564. The number of rotatable bonds is 3. The van der Waals surface area contributed by atoms with E-state index in [0.29, 0.717) is 12.5 Å². The second-order valence-corrected chi connectivity index (χ2v) is 5.73. The summed E-state index contributed by atoms with van der Waals surface area (Å²) in [6.07, 6.45) is 7.67. The number of aliphatic hydroxyl groups is 1. The topological polar surface area (TPSA) is 62.5 Å². The molecule has 0 aromatic carbocycles. The number of aromatic nitrogens is 3. The maximum Gasteiger partial charge on any atom is 0.157 e. The first kappa shape index (κ1) is 12.4. The van der Waals surface area contributed by atoms with E-state index >= 15 is 0 Å². The summed E-state index contributed by atoms with van der Waals surface area (Å²) in [5.41, 5.74) is 0.222. The Balaban J connectivity index is 1.67. The molecule has 5 heteroatoms. The lowest BCUT2D eigenvalue weighted by molar-refractivity contribution is -0.000824. The van der Waals surface area contributed by atoms with Crippen LogP contribution < -0.4 is 5.32 Å². The summed E-state index contributed by atoms with van der Waals surface area (Å²) < 4.78 is 1.72. The monoisotopic (exact) mass is 260 g/mol. The van der Waals surface area contributed by atoms with Crippen molar-refractivity contribution in [1.29, 1.82) is 0 Å². The Morgan fingerprint density at radius 2 is 2.42 bits per heavy atom. The molecule has 0 spiro atoms. The van der Waals surface area contributed by atoms with E-state index in [9.17, 15) is 5.11 Å². The van der Waals surface area contributed by atoms with Gasteiger partial charge < -0.3 is 10.4 Å². The molecule has 2 atom stereocenters. The van der Waals surface area contributed by atoms with Gasteiger partial charge in [0.1, 0.15) is 5.82 Å². The van der Waals surface area contributed by atoms with Gasteiger partial charge in [0.25, 0.3) is 0 Å². The van der Waals surface area contributed by atoms with Crippen LogP contribution in [0.1, 0.15) is 32.6 Å². The van der Waals surface area contributed by atoms with E-state index in [1.165, 1.54) is 6.42 Å². The molecular formula is C14H20N4O. The highest BCUT2D eigenvalue weighted by molar-refractivity contribution is 5.45. The van der Waals surface area contributed by atoms with Crippen LogP contribution in [0.2, 0.25) is 0 Å². The van der Waals surface area contributed by atoms with Gasteiger partial charge in [0.2, 0.25) is 0 Å². The Morgan fingerprint density at radius 1 is 1.53 bits per heavy atom. The van der Waals surface area contributed by atoms with Gasteiger partial charge in [-0.15, -0.1) is 0 Å². The molecule has 1 aliphatic rings. The predicted molar refractivity (Wildman–Crippen MR) is 74.1 cm³/mol. The van der Waals surface area contributed by atoms with Crippen molar-refractivity contribution >= 4 is 11.5 Å². The van der Waals surface area contributed by atoms with Crippen molar-refractivity contribution in [3.8, 4) is 0 Å². The molecule has 19 heavy (non-hydrogen) atoms. The molecule has 0 saturated heterocycles. The Morgan fingerprint density at radius 3 is 3.26 bits per heavy atom. The van der Waals surface area contributed by atoms with Crippen molar-refractivity contribution in [1.82, 2.24) is 14.6 Å². The Kier molecular flexibility index (Phi) is 3.14. The van der Waals surface area contributed by atoms with Crippen LogP contribution >= 0.6 is 0 Å². The summed E-state index contributed by atoms with van der Waals surface area (Å²) in [6.45, 7) is 2.77. The quantitative estimate of drug-likeness (QED) is 0.887. The van der Waals surface area contributed by atoms with Crippen LogP contribution in [0.3, 0.4) is 0 Å². The van der Waals surface area contributed by atoms with Crippen LogP contribution in [-0.2, 0) is 0 Å². The maximum absolute atomic E-state index is 10.6. The third-order valence-corrected chi connectivity index (χ3v) is 3.92. The van der Waals surface area contributed by atoms with E-state index in [-0.39, 0.29) is 0 Å². The van der Waals surface area contributed by atoms with Gasteiger partial charge in [-0.2, -0.15) is 5.10 Å². The van der Waals surface area contributed by atoms with Crippen molar-refractivity contribution in [3.05, 3.63) is 24.5 Å². The third-order valence-electron chi connectivity index (χ3n) is 3.92. The molecular weight excluding hydrogens is 240 g/mol. The van der Waals surface area contributed by atoms with Crippen molar-refractivity contribution in [3.63, 3.8) is 0 Å². The van der Waals surface area contributed by atoms with Crippen molar-refractivity contribution in [2.24, 2.45) is 5.92 Å². The molecule has 0 amide bonds. The van der Waals surface area contributed by atoms with Gasteiger partial charge in [-0.1, -0.05) is 19.8 Å². The fourth-order valence-corrected chi connectivity index (χ4v) is 2.96. The average Bonchev–Trinajstić information content (AvgIpc) is 2.83. The fraction of sp³-hybridized carbons (Fsp3) is 0.571. The van der Waals surface area contributed by atoms with Crippen molar-refractivity contribution in [2.75, 3.05) is 11.9 Å². The normalized spacial score (nSPS) is 27.6. The van der Waals surface area contributed by atoms with Crippen LogP contribution in [0.5, 0.6) is 0 Å². The average molecular weight is 260 g/mol. The molecule has 2 unspecified atom stereocenters. The molecule has 2 aromatic rings. The third kappa shape index (κ3) is 2.71. The van der Waals surface area contributed by atoms with Crippen molar-refractivity contribution < 1.29 is 5.11 Å². The molecule has 2 N–H and O–H groups in total. The van der Waals surface area contributed by atoms with Crippen LogP contribution in [0.4, 0.5) is 5.82 Å². The first-order valence-electron chi connectivity index (χ1n) is 6.91. The lowest BCUT2D eigenvalue weighted by Crippen LogP contribution is -2.41. The molecule has 3 rings (SSSR count). The smallest absolute Gasteiger partial charge is 0.157 e. The standard InChI is InChI=1S/C14H20N4O/c1-11-3-2-6-14(19,9-11)10-15-12-5-8-18-13(17-12)4-7-16-18/h4-5,7-8,11,19H,2-3,6,9-10H2,1H3,(H,15,17). The molecule has 0 aliphatic heterocycles. The van der Waals surface area contributed by atoms with E-state index < -0.39 is 5.60 Å². The Labute approximate surface area is 112 Å². The first-order valence-corrected chi connectivity index (χ1v) is 6.91.